The molecule has 1 aromatic heterocycles. The van der Waals surface area contributed by atoms with Crippen LogP contribution in [0.3, 0.4) is 0 Å². The second-order valence-electron chi connectivity index (χ2n) is 5.52. The predicted octanol–water partition coefficient (Wildman–Crippen LogP) is 3.72. The minimum atomic E-state index is -0.220. The Labute approximate surface area is 119 Å². The van der Waals surface area contributed by atoms with Gasteiger partial charge in [0.1, 0.15) is 6.04 Å². The van der Waals surface area contributed by atoms with E-state index in [0.717, 1.165) is 16.5 Å². The minimum Gasteiger partial charge on any atom is -0.295 e. The standard InChI is InChI=1S/C17H19N3/c18-12-17(20-15-6-2-1-3-7-15)14-8-9-16-13(11-14)5-4-10-19-16/h4-5,8-11,15,17,20H,1-3,6-7H2. The van der Waals surface area contributed by atoms with E-state index in [0.29, 0.717) is 6.04 Å². The summed E-state index contributed by atoms with van der Waals surface area (Å²) in [5.74, 6) is 0. The van der Waals surface area contributed by atoms with Crippen molar-refractivity contribution in [3.05, 3.63) is 42.1 Å². The van der Waals surface area contributed by atoms with Crippen LogP contribution in [-0.2, 0) is 0 Å². The second kappa shape index (κ2) is 6.02. The van der Waals surface area contributed by atoms with Gasteiger partial charge in [-0.25, -0.2) is 0 Å². The maximum Gasteiger partial charge on any atom is 0.121 e. The Morgan fingerprint density at radius 2 is 2.05 bits per heavy atom. The largest absolute Gasteiger partial charge is 0.295 e. The Balaban J connectivity index is 1.81. The molecule has 0 spiro atoms. The zero-order chi connectivity index (χ0) is 13.8. The predicted molar refractivity (Wildman–Crippen MR) is 80.1 cm³/mol. The molecule has 2 aromatic rings. The molecule has 0 saturated heterocycles. The van der Waals surface area contributed by atoms with E-state index in [1.165, 1.54) is 32.1 Å². The van der Waals surface area contributed by atoms with Crippen molar-refractivity contribution < 1.29 is 0 Å². The summed E-state index contributed by atoms with van der Waals surface area (Å²) in [4.78, 5) is 4.32. The highest BCUT2D eigenvalue weighted by molar-refractivity contribution is 5.79. The van der Waals surface area contributed by atoms with Crippen molar-refractivity contribution in [1.29, 1.82) is 5.26 Å². The zero-order valence-corrected chi connectivity index (χ0v) is 11.5. The number of rotatable bonds is 3. The number of nitrogens with one attached hydrogen (secondary N) is 1. The molecular weight excluding hydrogens is 246 g/mol. The quantitative estimate of drug-likeness (QED) is 0.920. The van der Waals surface area contributed by atoms with Crippen LogP contribution in [0.25, 0.3) is 10.9 Å². The molecule has 102 valence electrons. The van der Waals surface area contributed by atoms with Crippen LogP contribution in [0.2, 0.25) is 0 Å². The Kier molecular flexibility index (Phi) is 3.94. The van der Waals surface area contributed by atoms with Crippen LogP contribution < -0.4 is 5.32 Å². The first-order valence-corrected chi connectivity index (χ1v) is 7.37. The summed E-state index contributed by atoms with van der Waals surface area (Å²) in [6.45, 7) is 0. The molecule has 1 heterocycles. The molecule has 0 aliphatic heterocycles. The van der Waals surface area contributed by atoms with Gasteiger partial charge in [0.25, 0.3) is 0 Å². The van der Waals surface area contributed by atoms with Crippen molar-refractivity contribution in [2.45, 2.75) is 44.2 Å². The van der Waals surface area contributed by atoms with Gasteiger partial charge >= 0.3 is 0 Å². The Bertz CT molecular complexity index is 623. The van der Waals surface area contributed by atoms with Gasteiger partial charge < -0.3 is 0 Å². The Hall–Kier alpha value is -1.92. The molecule has 20 heavy (non-hydrogen) atoms. The summed E-state index contributed by atoms with van der Waals surface area (Å²) >= 11 is 0. The molecule has 0 bridgehead atoms. The van der Waals surface area contributed by atoms with Crippen molar-refractivity contribution in [3.63, 3.8) is 0 Å². The van der Waals surface area contributed by atoms with Crippen molar-refractivity contribution in [2.75, 3.05) is 0 Å². The van der Waals surface area contributed by atoms with E-state index in [4.69, 9.17) is 0 Å². The number of pyridine rings is 1. The fourth-order valence-corrected chi connectivity index (χ4v) is 2.99. The van der Waals surface area contributed by atoms with E-state index in [9.17, 15) is 5.26 Å². The summed E-state index contributed by atoms with van der Waals surface area (Å²) in [6.07, 6.45) is 8.05. The fraction of sp³-hybridized carbons (Fsp3) is 0.412. The number of fused-ring (bicyclic) bond motifs is 1. The molecule has 0 radical (unpaired) electrons. The Morgan fingerprint density at radius 1 is 1.20 bits per heavy atom. The second-order valence-corrected chi connectivity index (χ2v) is 5.52. The lowest BCUT2D eigenvalue weighted by molar-refractivity contribution is 0.360. The molecule has 1 N–H and O–H groups in total. The van der Waals surface area contributed by atoms with Gasteiger partial charge in [0.15, 0.2) is 0 Å². The number of hydrogen-bond acceptors (Lipinski definition) is 3. The molecule has 0 amide bonds. The highest BCUT2D eigenvalue weighted by atomic mass is 14.9. The van der Waals surface area contributed by atoms with Crippen LogP contribution in [-0.4, -0.2) is 11.0 Å². The summed E-state index contributed by atoms with van der Waals surface area (Å²) in [6, 6.07) is 12.7. The van der Waals surface area contributed by atoms with Gasteiger partial charge in [0.05, 0.1) is 11.6 Å². The SMILES string of the molecule is N#CC(NC1CCCCC1)c1ccc2ncccc2c1. The monoisotopic (exact) mass is 265 g/mol. The van der Waals surface area contributed by atoms with Gasteiger partial charge in [-0.1, -0.05) is 31.4 Å². The number of nitriles is 1. The molecule has 3 nitrogen and oxygen atoms in total. The van der Waals surface area contributed by atoms with Crippen LogP contribution in [0.4, 0.5) is 0 Å². The van der Waals surface area contributed by atoms with Crippen LogP contribution in [0.1, 0.15) is 43.7 Å². The molecule has 1 saturated carbocycles. The first kappa shape index (κ1) is 13.1. The third-order valence-corrected chi connectivity index (χ3v) is 4.10. The lowest BCUT2D eigenvalue weighted by Crippen LogP contribution is -2.33. The highest BCUT2D eigenvalue weighted by Gasteiger charge is 2.19. The van der Waals surface area contributed by atoms with Gasteiger partial charge in [0.2, 0.25) is 0 Å². The zero-order valence-electron chi connectivity index (χ0n) is 11.5. The van der Waals surface area contributed by atoms with E-state index < -0.39 is 0 Å². The average Bonchev–Trinajstić information content (AvgIpc) is 2.53. The number of hydrogen-bond donors (Lipinski definition) is 1. The topological polar surface area (TPSA) is 48.7 Å². The van der Waals surface area contributed by atoms with Crippen LogP contribution in [0, 0.1) is 11.3 Å². The van der Waals surface area contributed by atoms with E-state index in [1.54, 1.807) is 6.20 Å². The van der Waals surface area contributed by atoms with Gasteiger partial charge in [-0.15, -0.1) is 0 Å². The summed E-state index contributed by atoms with van der Waals surface area (Å²) in [5, 5.41) is 14.1. The summed E-state index contributed by atoms with van der Waals surface area (Å²) in [7, 11) is 0. The van der Waals surface area contributed by atoms with Crippen molar-refractivity contribution in [2.24, 2.45) is 0 Å². The van der Waals surface area contributed by atoms with Gasteiger partial charge in [-0.3, -0.25) is 10.3 Å². The van der Waals surface area contributed by atoms with Crippen LogP contribution >= 0.6 is 0 Å². The summed E-state index contributed by atoms with van der Waals surface area (Å²) < 4.78 is 0. The van der Waals surface area contributed by atoms with Crippen LogP contribution in [0.5, 0.6) is 0 Å². The molecule has 1 fully saturated rings. The van der Waals surface area contributed by atoms with Crippen molar-refractivity contribution in [1.82, 2.24) is 10.3 Å². The first-order chi connectivity index (χ1) is 9.86. The summed E-state index contributed by atoms with van der Waals surface area (Å²) in [5.41, 5.74) is 2.02. The molecule has 3 rings (SSSR count). The maximum atomic E-state index is 9.45. The van der Waals surface area contributed by atoms with E-state index >= 15 is 0 Å². The van der Waals surface area contributed by atoms with Crippen molar-refractivity contribution in [3.8, 4) is 6.07 Å². The number of benzene rings is 1. The first-order valence-electron chi connectivity index (χ1n) is 7.37. The van der Waals surface area contributed by atoms with E-state index in [1.807, 2.05) is 24.3 Å². The van der Waals surface area contributed by atoms with E-state index in [2.05, 4.69) is 22.4 Å². The third kappa shape index (κ3) is 2.81. The number of nitrogens with zero attached hydrogens (tertiary/aromatic N) is 2. The fourth-order valence-electron chi connectivity index (χ4n) is 2.99. The molecule has 1 aromatic carbocycles. The smallest absolute Gasteiger partial charge is 0.121 e. The van der Waals surface area contributed by atoms with Crippen LogP contribution in [0.15, 0.2) is 36.5 Å². The molecule has 1 aliphatic rings. The van der Waals surface area contributed by atoms with E-state index in [-0.39, 0.29) is 6.04 Å². The van der Waals surface area contributed by atoms with Crippen molar-refractivity contribution >= 4 is 10.9 Å². The lowest BCUT2D eigenvalue weighted by Gasteiger charge is -2.25. The highest BCUT2D eigenvalue weighted by Crippen LogP contribution is 2.23. The molecule has 3 heteroatoms. The number of aromatic nitrogens is 1. The van der Waals surface area contributed by atoms with Gasteiger partial charge in [-0.05, 0) is 36.6 Å². The molecule has 1 atom stereocenters. The average molecular weight is 265 g/mol. The molecule has 1 unspecified atom stereocenters. The lowest BCUT2D eigenvalue weighted by atomic mass is 9.94. The minimum absolute atomic E-state index is 0.220. The normalized spacial score (nSPS) is 17.8. The Morgan fingerprint density at radius 3 is 2.85 bits per heavy atom. The third-order valence-electron chi connectivity index (χ3n) is 4.10. The molecular formula is C17H19N3. The maximum absolute atomic E-state index is 9.45. The van der Waals surface area contributed by atoms with Gasteiger partial charge in [0, 0.05) is 17.6 Å². The van der Waals surface area contributed by atoms with Gasteiger partial charge in [-0.2, -0.15) is 5.26 Å². The molecule has 1 aliphatic carbocycles.